The van der Waals surface area contributed by atoms with Crippen molar-refractivity contribution >= 4 is 12.6 Å². The molecule has 2 rings (SSSR count). The molecule has 1 heterocycles. The SMILES string of the molecule is CCC1CCCN(Cc2ccc(B(O)O)cc2)C1. The molecule has 0 saturated carbocycles. The van der Waals surface area contributed by atoms with E-state index in [0.29, 0.717) is 5.46 Å². The molecule has 0 radical (unpaired) electrons. The first kappa shape index (κ1) is 13.6. The van der Waals surface area contributed by atoms with Gasteiger partial charge in [-0.2, -0.15) is 0 Å². The van der Waals surface area contributed by atoms with E-state index < -0.39 is 7.12 Å². The molecule has 0 amide bonds. The number of rotatable bonds is 4. The van der Waals surface area contributed by atoms with E-state index in [-0.39, 0.29) is 0 Å². The van der Waals surface area contributed by atoms with Crippen molar-refractivity contribution in [3.63, 3.8) is 0 Å². The smallest absolute Gasteiger partial charge is 0.423 e. The zero-order valence-corrected chi connectivity index (χ0v) is 11.0. The average Bonchev–Trinajstić information content (AvgIpc) is 2.39. The molecular formula is C14H22BNO2. The topological polar surface area (TPSA) is 43.7 Å². The van der Waals surface area contributed by atoms with Gasteiger partial charge in [-0.25, -0.2) is 0 Å². The van der Waals surface area contributed by atoms with Gasteiger partial charge in [-0.05, 0) is 36.3 Å². The molecule has 3 nitrogen and oxygen atoms in total. The quantitative estimate of drug-likeness (QED) is 0.780. The zero-order chi connectivity index (χ0) is 13.0. The fourth-order valence-corrected chi connectivity index (χ4v) is 2.68. The van der Waals surface area contributed by atoms with Crippen LogP contribution < -0.4 is 5.46 Å². The van der Waals surface area contributed by atoms with Crippen molar-refractivity contribution in [2.75, 3.05) is 13.1 Å². The van der Waals surface area contributed by atoms with Gasteiger partial charge in [-0.1, -0.05) is 37.6 Å². The maximum absolute atomic E-state index is 9.05. The molecule has 1 aromatic carbocycles. The minimum absolute atomic E-state index is 0.559. The molecule has 1 aliphatic heterocycles. The van der Waals surface area contributed by atoms with Gasteiger partial charge in [0.15, 0.2) is 0 Å². The van der Waals surface area contributed by atoms with Crippen LogP contribution >= 0.6 is 0 Å². The number of benzene rings is 1. The Hall–Kier alpha value is -0.835. The lowest BCUT2D eigenvalue weighted by Crippen LogP contribution is -2.35. The summed E-state index contributed by atoms with van der Waals surface area (Å²) in [5.74, 6) is 0.845. The first-order valence-electron chi connectivity index (χ1n) is 6.86. The van der Waals surface area contributed by atoms with Crippen molar-refractivity contribution < 1.29 is 10.0 Å². The van der Waals surface area contributed by atoms with Gasteiger partial charge in [-0.3, -0.25) is 4.90 Å². The highest BCUT2D eigenvalue weighted by molar-refractivity contribution is 6.58. The number of nitrogens with zero attached hydrogens (tertiary/aromatic N) is 1. The summed E-state index contributed by atoms with van der Waals surface area (Å²) in [7, 11) is -1.36. The Kier molecular flexibility index (Phi) is 4.81. The van der Waals surface area contributed by atoms with Crippen LogP contribution in [-0.4, -0.2) is 35.2 Å². The summed E-state index contributed by atoms with van der Waals surface area (Å²) >= 11 is 0. The van der Waals surface area contributed by atoms with Crippen LogP contribution in [0.2, 0.25) is 0 Å². The lowest BCUT2D eigenvalue weighted by molar-refractivity contribution is 0.165. The number of hydrogen-bond acceptors (Lipinski definition) is 3. The van der Waals surface area contributed by atoms with Crippen molar-refractivity contribution in [1.29, 1.82) is 0 Å². The lowest BCUT2D eigenvalue weighted by Gasteiger charge is -2.32. The highest BCUT2D eigenvalue weighted by atomic mass is 16.4. The van der Waals surface area contributed by atoms with E-state index in [1.807, 2.05) is 12.1 Å². The molecular weight excluding hydrogens is 225 g/mol. The number of likely N-dealkylation sites (tertiary alicyclic amines) is 1. The standard InChI is InChI=1S/C14H22BNO2/c1-2-12-4-3-9-16(10-12)11-13-5-7-14(8-6-13)15(17)18/h5-8,12,17-18H,2-4,9-11H2,1H3. The van der Waals surface area contributed by atoms with Crippen LogP contribution in [0.25, 0.3) is 0 Å². The van der Waals surface area contributed by atoms with Gasteiger partial charge >= 0.3 is 7.12 Å². The molecule has 1 aromatic rings. The Bertz CT molecular complexity index is 367. The molecule has 2 N–H and O–H groups in total. The van der Waals surface area contributed by atoms with Gasteiger partial charge < -0.3 is 10.0 Å². The Morgan fingerprint density at radius 1 is 1.28 bits per heavy atom. The Labute approximate surface area is 110 Å². The van der Waals surface area contributed by atoms with Crippen LogP contribution in [0, 0.1) is 5.92 Å². The summed E-state index contributed by atoms with van der Waals surface area (Å²) in [6, 6.07) is 7.57. The Morgan fingerprint density at radius 3 is 2.61 bits per heavy atom. The van der Waals surface area contributed by atoms with E-state index in [0.717, 1.165) is 12.5 Å². The first-order chi connectivity index (χ1) is 8.69. The summed E-state index contributed by atoms with van der Waals surface area (Å²) in [6.45, 7) is 5.62. The first-order valence-corrected chi connectivity index (χ1v) is 6.86. The summed E-state index contributed by atoms with van der Waals surface area (Å²) in [5, 5.41) is 18.1. The number of hydrogen-bond donors (Lipinski definition) is 2. The number of piperidine rings is 1. The second kappa shape index (κ2) is 6.37. The third-order valence-electron chi connectivity index (χ3n) is 3.86. The monoisotopic (exact) mass is 247 g/mol. The van der Waals surface area contributed by atoms with Crippen LogP contribution in [0.15, 0.2) is 24.3 Å². The second-order valence-electron chi connectivity index (χ2n) is 5.27. The molecule has 1 saturated heterocycles. The molecule has 4 heteroatoms. The third-order valence-corrected chi connectivity index (χ3v) is 3.86. The second-order valence-corrected chi connectivity index (χ2v) is 5.27. The van der Waals surface area contributed by atoms with Crippen molar-refractivity contribution in [1.82, 2.24) is 4.90 Å². The lowest BCUT2D eigenvalue weighted by atomic mass is 9.80. The van der Waals surface area contributed by atoms with Crippen LogP contribution in [0.1, 0.15) is 31.7 Å². The fraction of sp³-hybridized carbons (Fsp3) is 0.571. The molecule has 0 aliphatic carbocycles. The van der Waals surface area contributed by atoms with Crippen molar-refractivity contribution in [2.45, 2.75) is 32.7 Å². The molecule has 1 unspecified atom stereocenters. The highest BCUT2D eigenvalue weighted by Crippen LogP contribution is 2.20. The van der Waals surface area contributed by atoms with Gasteiger partial charge in [-0.15, -0.1) is 0 Å². The Morgan fingerprint density at radius 2 is 2.00 bits per heavy atom. The summed E-state index contributed by atoms with van der Waals surface area (Å²) in [4.78, 5) is 2.50. The van der Waals surface area contributed by atoms with Gasteiger partial charge in [0, 0.05) is 13.1 Å². The largest absolute Gasteiger partial charge is 0.488 e. The minimum atomic E-state index is -1.36. The van der Waals surface area contributed by atoms with Gasteiger partial charge in [0.2, 0.25) is 0 Å². The van der Waals surface area contributed by atoms with E-state index in [4.69, 9.17) is 10.0 Å². The van der Waals surface area contributed by atoms with E-state index in [9.17, 15) is 0 Å². The third kappa shape index (κ3) is 3.58. The summed E-state index contributed by atoms with van der Waals surface area (Å²) in [5.41, 5.74) is 1.81. The van der Waals surface area contributed by atoms with E-state index in [2.05, 4.69) is 11.8 Å². The molecule has 0 bridgehead atoms. The molecule has 1 aliphatic rings. The Balaban J connectivity index is 1.92. The maximum atomic E-state index is 9.05. The van der Waals surface area contributed by atoms with Gasteiger partial charge in [0.05, 0.1) is 0 Å². The van der Waals surface area contributed by atoms with E-state index in [1.54, 1.807) is 12.1 Å². The normalized spacial score (nSPS) is 20.9. The molecule has 1 atom stereocenters. The predicted octanol–water partition coefficient (Wildman–Crippen LogP) is 0.988. The summed E-state index contributed by atoms with van der Waals surface area (Å²) < 4.78 is 0. The average molecular weight is 247 g/mol. The molecule has 1 fully saturated rings. The van der Waals surface area contributed by atoms with Gasteiger partial charge in [0.25, 0.3) is 0 Å². The predicted molar refractivity (Wildman–Crippen MR) is 74.6 cm³/mol. The van der Waals surface area contributed by atoms with Crippen molar-refractivity contribution in [2.24, 2.45) is 5.92 Å². The summed E-state index contributed by atoms with van der Waals surface area (Å²) in [6.07, 6.45) is 3.93. The van der Waals surface area contributed by atoms with Crippen LogP contribution in [-0.2, 0) is 6.54 Å². The minimum Gasteiger partial charge on any atom is -0.423 e. The fourth-order valence-electron chi connectivity index (χ4n) is 2.68. The van der Waals surface area contributed by atoms with Crippen LogP contribution in [0.5, 0.6) is 0 Å². The van der Waals surface area contributed by atoms with Crippen molar-refractivity contribution in [3.05, 3.63) is 29.8 Å². The van der Waals surface area contributed by atoms with Crippen LogP contribution in [0.4, 0.5) is 0 Å². The van der Waals surface area contributed by atoms with Gasteiger partial charge in [0.1, 0.15) is 0 Å². The molecule has 0 aromatic heterocycles. The van der Waals surface area contributed by atoms with E-state index in [1.165, 1.54) is 37.9 Å². The molecule has 18 heavy (non-hydrogen) atoms. The highest BCUT2D eigenvalue weighted by Gasteiger charge is 2.18. The van der Waals surface area contributed by atoms with Crippen molar-refractivity contribution in [3.8, 4) is 0 Å². The maximum Gasteiger partial charge on any atom is 0.488 e. The van der Waals surface area contributed by atoms with Crippen LogP contribution in [0.3, 0.4) is 0 Å². The molecule has 98 valence electrons. The zero-order valence-electron chi connectivity index (χ0n) is 11.0. The van der Waals surface area contributed by atoms with E-state index >= 15 is 0 Å². The molecule has 0 spiro atoms.